The van der Waals surface area contributed by atoms with Gasteiger partial charge in [0, 0.05) is 33.0 Å². The highest BCUT2D eigenvalue weighted by atomic mass is 16.3. The van der Waals surface area contributed by atoms with Crippen LogP contribution in [0.5, 0.6) is 0 Å². The average molecular weight is 702 g/mol. The van der Waals surface area contributed by atoms with Gasteiger partial charge in [-0.25, -0.2) is 0 Å². The summed E-state index contributed by atoms with van der Waals surface area (Å²) in [6.45, 7) is 0. The third-order valence-electron chi connectivity index (χ3n) is 11.3. The van der Waals surface area contributed by atoms with Crippen molar-refractivity contribution >= 4 is 77.4 Å². The molecule has 11 rings (SSSR count). The van der Waals surface area contributed by atoms with Crippen molar-refractivity contribution in [2.75, 3.05) is 4.90 Å². The maximum atomic E-state index is 6.59. The molecule has 1 heterocycles. The van der Waals surface area contributed by atoms with E-state index in [-0.39, 0.29) is 0 Å². The van der Waals surface area contributed by atoms with Gasteiger partial charge in [0.25, 0.3) is 0 Å². The number of rotatable bonds is 5. The van der Waals surface area contributed by atoms with Crippen molar-refractivity contribution in [1.82, 2.24) is 0 Å². The number of para-hydroxylation sites is 1. The number of hydrogen-bond acceptors (Lipinski definition) is 2. The first-order chi connectivity index (χ1) is 27.3. The van der Waals surface area contributed by atoms with Crippen LogP contribution in [0.3, 0.4) is 0 Å². The largest absolute Gasteiger partial charge is 0.455 e. The molecule has 2 nitrogen and oxygen atoms in total. The van der Waals surface area contributed by atoms with E-state index in [1.54, 1.807) is 0 Å². The van der Waals surface area contributed by atoms with Gasteiger partial charge in [-0.1, -0.05) is 164 Å². The molecule has 0 spiro atoms. The third-order valence-corrected chi connectivity index (χ3v) is 11.3. The van der Waals surface area contributed by atoms with E-state index in [0.29, 0.717) is 0 Å². The molecule has 0 bridgehead atoms. The summed E-state index contributed by atoms with van der Waals surface area (Å²) >= 11 is 0. The molecule has 0 radical (unpaired) electrons. The van der Waals surface area contributed by atoms with Crippen LogP contribution in [-0.4, -0.2) is 0 Å². The van der Waals surface area contributed by atoms with Crippen molar-refractivity contribution in [1.29, 1.82) is 0 Å². The van der Waals surface area contributed by atoms with Crippen LogP contribution >= 0.6 is 0 Å². The van der Waals surface area contributed by atoms with Gasteiger partial charge in [0.1, 0.15) is 11.2 Å². The molecule has 258 valence electrons. The van der Waals surface area contributed by atoms with Crippen molar-refractivity contribution in [3.05, 3.63) is 205 Å². The van der Waals surface area contributed by atoms with Gasteiger partial charge in [0.2, 0.25) is 0 Å². The topological polar surface area (TPSA) is 16.4 Å². The van der Waals surface area contributed by atoms with Gasteiger partial charge in [-0.2, -0.15) is 0 Å². The Kier molecular flexibility index (Phi) is 7.28. The first kappa shape index (κ1) is 31.4. The maximum absolute atomic E-state index is 6.59. The van der Waals surface area contributed by atoms with Crippen LogP contribution in [0.25, 0.3) is 82.6 Å². The molecule has 9 aromatic carbocycles. The summed E-state index contributed by atoms with van der Waals surface area (Å²) < 4.78 is 6.59. The van der Waals surface area contributed by atoms with E-state index >= 15 is 0 Å². The number of allylic oxidation sites excluding steroid dienone is 3. The lowest BCUT2D eigenvalue weighted by molar-refractivity contribution is 0.667. The lowest BCUT2D eigenvalue weighted by Crippen LogP contribution is -2.12. The Labute approximate surface area is 319 Å². The van der Waals surface area contributed by atoms with Crippen molar-refractivity contribution in [3.8, 4) is 22.3 Å². The number of nitrogens with zero attached hydrogens (tertiary/aromatic N) is 1. The van der Waals surface area contributed by atoms with Crippen LogP contribution in [0.4, 0.5) is 17.1 Å². The molecule has 0 unspecified atom stereocenters. The number of furan rings is 1. The Morgan fingerprint density at radius 2 is 1.15 bits per heavy atom. The monoisotopic (exact) mass is 701 g/mol. The lowest BCUT2D eigenvalue weighted by Gasteiger charge is -2.29. The molecule has 0 atom stereocenters. The molecule has 2 heteroatoms. The molecule has 0 saturated heterocycles. The summed E-state index contributed by atoms with van der Waals surface area (Å²) in [6, 6.07) is 64.1. The Bertz CT molecular complexity index is 3190. The van der Waals surface area contributed by atoms with Crippen LogP contribution < -0.4 is 4.90 Å². The molecule has 0 aliphatic heterocycles. The fourth-order valence-corrected chi connectivity index (χ4v) is 8.68. The Morgan fingerprint density at radius 3 is 2.09 bits per heavy atom. The van der Waals surface area contributed by atoms with E-state index in [0.717, 1.165) is 56.5 Å². The van der Waals surface area contributed by atoms with Crippen molar-refractivity contribution in [3.63, 3.8) is 0 Å². The van der Waals surface area contributed by atoms with Crippen molar-refractivity contribution in [2.45, 2.75) is 6.42 Å². The first-order valence-corrected chi connectivity index (χ1v) is 19.0. The van der Waals surface area contributed by atoms with Gasteiger partial charge in [-0.3, -0.25) is 0 Å². The third kappa shape index (κ3) is 5.18. The predicted molar refractivity (Wildman–Crippen MR) is 234 cm³/mol. The summed E-state index contributed by atoms with van der Waals surface area (Å²) in [5.41, 5.74) is 12.3. The van der Waals surface area contributed by atoms with E-state index in [9.17, 15) is 0 Å². The maximum Gasteiger partial charge on any atom is 0.142 e. The van der Waals surface area contributed by atoms with E-state index in [1.807, 2.05) is 0 Å². The molecule has 10 aromatic rings. The highest BCUT2D eigenvalue weighted by Gasteiger charge is 2.22. The Morgan fingerprint density at radius 1 is 0.436 bits per heavy atom. The van der Waals surface area contributed by atoms with E-state index < -0.39 is 0 Å². The molecule has 1 aromatic heterocycles. The van der Waals surface area contributed by atoms with Crippen LogP contribution in [0.1, 0.15) is 11.1 Å². The minimum atomic E-state index is 0.898. The zero-order valence-electron chi connectivity index (χ0n) is 30.1. The molecule has 1 aliphatic rings. The zero-order chi connectivity index (χ0) is 36.3. The van der Waals surface area contributed by atoms with Crippen molar-refractivity contribution < 1.29 is 4.42 Å². The summed E-state index contributed by atoms with van der Waals surface area (Å²) in [7, 11) is 0. The molecule has 0 amide bonds. The second kappa shape index (κ2) is 12.8. The normalized spacial score (nSPS) is 12.5. The molecule has 0 fully saturated rings. The number of fused-ring (bicyclic) bond motifs is 9. The van der Waals surface area contributed by atoms with Gasteiger partial charge in [-0.15, -0.1) is 0 Å². The van der Waals surface area contributed by atoms with E-state index in [4.69, 9.17) is 4.42 Å². The van der Waals surface area contributed by atoms with E-state index in [2.05, 4.69) is 205 Å². The second-order valence-electron chi connectivity index (χ2n) is 14.4. The highest BCUT2D eigenvalue weighted by molar-refractivity contribution is 6.14. The Balaban J connectivity index is 1.14. The summed E-state index contributed by atoms with van der Waals surface area (Å²) in [4.78, 5) is 2.45. The highest BCUT2D eigenvalue weighted by Crippen LogP contribution is 2.46. The van der Waals surface area contributed by atoms with Gasteiger partial charge < -0.3 is 9.32 Å². The standard InChI is InChI=1S/C53H35NO/c1-2-13-37-28-31-48-49-34-39(29-32-52(49)55-53(48)45(37)22-3-1)44-21-8-9-25-50(44)54(51-26-12-24-46-42-20-7-5-15-36(42)27-30-47(46)51)40-18-10-17-38(33-40)43-23-11-16-35-14-4-6-19-41(35)43/h1-12,14-34H,13H2. The quantitative estimate of drug-likeness (QED) is 0.166. The smallest absolute Gasteiger partial charge is 0.142 e. The number of benzene rings is 9. The van der Waals surface area contributed by atoms with Gasteiger partial charge in [0.05, 0.1) is 11.4 Å². The number of hydrogen-bond donors (Lipinski definition) is 0. The summed E-state index contributed by atoms with van der Waals surface area (Å²) in [5.74, 6) is 0. The lowest BCUT2D eigenvalue weighted by atomic mass is 9.95. The molecule has 0 saturated carbocycles. The average Bonchev–Trinajstić information content (AvgIpc) is 3.44. The van der Waals surface area contributed by atoms with Gasteiger partial charge in [0.15, 0.2) is 0 Å². The molecule has 55 heavy (non-hydrogen) atoms. The number of anilines is 3. The molecule has 0 N–H and O–H groups in total. The molecular weight excluding hydrogens is 667 g/mol. The zero-order valence-corrected chi connectivity index (χ0v) is 30.1. The van der Waals surface area contributed by atoms with Crippen LogP contribution in [0.15, 0.2) is 199 Å². The minimum Gasteiger partial charge on any atom is -0.455 e. The van der Waals surface area contributed by atoms with Gasteiger partial charge >= 0.3 is 0 Å². The van der Waals surface area contributed by atoms with Crippen LogP contribution in [0, 0.1) is 0 Å². The minimum absolute atomic E-state index is 0.898. The SMILES string of the molecule is C1=CCc2ccc3c(oc4ccc(-c5ccccc5N(c5cccc(-c6cccc7ccccc67)c5)c5cccc6c5ccc5ccccc56)cc43)c2C=C1. The van der Waals surface area contributed by atoms with Crippen LogP contribution in [0.2, 0.25) is 0 Å². The fraction of sp³-hybridized carbons (Fsp3) is 0.0189. The summed E-state index contributed by atoms with van der Waals surface area (Å²) in [5, 5.41) is 9.66. The summed E-state index contributed by atoms with van der Waals surface area (Å²) in [6.07, 6.45) is 9.51. The fourth-order valence-electron chi connectivity index (χ4n) is 8.68. The second-order valence-corrected chi connectivity index (χ2v) is 14.4. The molecular formula is C53H35NO. The predicted octanol–water partition coefficient (Wildman–Crippen LogP) is 15.0. The van der Waals surface area contributed by atoms with Crippen LogP contribution in [-0.2, 0) is 6.42 Å². The van der Waals surface area contributed by atoms with Crippen molar-refractivity contribution in [2.24, 2.45) is 0 Å². The Hall–Kier alpha value is -7.16. The first-order valence-electron chi connectivity index (χ1n) is 19.0. The van der Waals surface area contributed by atoms with Gasteiger partial charge in [-0.05, 0) is 92.0 Å². The van der Waals surface area contributed by atoms with E-state index in [1.165, 1.54) is 54.6 Å². The molecule has 1 aliphatic carbocycles.